The summed E-state index contributed by atoms with van der Waals surface area (Å²) in [7, 11) is 3.42. The van der Waals surface area contributed by atoms with Crippen LogP contribution in [0, 0.1) is 5.92 Å². The van der Waals surface area contributed by atoms with Gasteiger partial charge in [0.2, 0.25) is 0 Å². The molecule has 4 rings (SSSR count). The van der Waals surface area contributed by atoms with Gasteiger partial charge in [0.25, 0.3) is 0 Å². The summed E-state index contributed by atoms with van der Waals surface area (Å²) in [4.78, 5) is 0. The molecule has 2 fully saturated rings. The third-order valence-electron chi connectivity index (χ3n) is 7.51. The van der Waals surface area contributed by atoms with Crippen LogP contribution >= 0.6 is 0 Å². The first-order valence-corrected chi connectivity index (χ1v) is 11.1. The Hall–Kier alpha value is -2.00. The van der Waals surface area contributed by atoms with Crippen molar-refractivity contribution >= 4 is 0 Å². The van der Waals surface area contributed by atoms with Gasteiger partial charge in [-0.15, -0.1) is 0 Å². The van der Waals surface area contributed by atoms with E-state index in [-0.39, 0.29) is 0 Å². The largest absolute Gasteiger partial charge is 0.497 e. The Morgan fingerprint density at radius 2 is 1.07 bits per heavy atom. The second kappa shape index (κ2) is 8.79. The third kappa shape index (κ3) is 4.45. The van der Waals surface area contributed by atoms with E-state index in [1.165, 1.54) is 24.0 Å². The molecular weight excluding hydrogens is 360 g/mol. The molecule has 0 unspecified atom stereocenters. The van der Waals surface area contributed by atoms with Gasteiger partial charge in [0.05, 0.1) is 19.8 Å². The van der Waals surface area contributed by atoms with Crippen LogP contribution in [0.4, 0.5) is 0 Å². The molecule has 0 saturated heterocycles. The lowest BCUT2D eigenvalue weighted by Crippen LogP contribution is -2.42. The summed E-state index contributed by atoms with van der Waals surface area (Å²) in [6, 6.07) is 17.0. The summed E-state index contributed by atoms with van der Waals surface area (Å²) in [5.74, 6) is 3.47. The molecule has 0 bridgehead atoms. The summed E-state index contributed by atoms with van der Waals surface area (Å²) >= 11 is 0. The van der Waals surface area contributed by atoms with Crippen molar-refractivity contribution in [3.63, 3.8) is 0 Å². The first-order valence-electron chi connectivity index (χ1n) is 11.1. The molecule has 0 heterocycles. The topological polar surface area (TPSA) is 38.7 Å². The fourth-order valence-corrected chi connectivity index (χ4v) is 5.58. The Morgan fingerprint density at radius 3 is 1.48 bits per heavy atom. The molecule has 2 aliphatic carbocycles. The number of aliphatic hydroxyl groups is 1. The zero-order valence-corrected chi connectivity index (χ0v) is 17.8. The summed E-state index contributed by atoms with van der Waals surface area (Å²) in [6.07, 6.45) is 8.68. The number of hydrogen-bond donors (Lipinski definition) is 1. The third-order valence-corrected chi connectivity index (χ3v) is 7.51. The quantitative estimate of drug-likeness (QED) is 0.669. The Kier molecular flexibility index (Phi) is 6.15. The molecule has 0 amide bonds. The predicted molar refractivity (Wildman–Crippen MR) is 117 cm³/mol. The highest BCUT2D eigenvalue weighted by Gasteiger charge is 2.41. The number of rotatable bonds is 5. The van der Waals surface area contributed by atoms with Crippen molar-refractivity contribution in [2.45, 2.75) is 68.8 Å². The maximum Gasteiger partial charge on any atom is 0.118 e. The van der Waals surface area contributed by atoms with Crippen LogP contribution in [0.25, 0.3) is 0 Å². The normalized spacial score (nSPS) is 30.0. The monoisotopic (exact) mass is 394 g/mol. The Bertz CT molecular complexity index is 765. The molecule has 2 aromatic rings. The average molecular weight is 395 g/mol. The van der Waals surface area contributed by atoms with E-state index >= 15 is 0 Å². The van der Waals surface area contributed by atoms with Crippen molar-refractivity contribution in [2.24, 2.45) is 5.92 Å². The first kappa shape index (κ1) is 20.3. The molecular formula is C26H34O3. The molecule has 29 heavy (non-hydrogen) atoms. The lowest BCUT2D eigenvalue weighted by Gasteiger charge is -2.44. The summed E-state index contributed by atoms with van der Waals surface area (Å²) in [5, 5.41) is 11.4. The second-order valence-electron chi connectivity index (χ2n) is 8.97. The van der Waals surface area contributed by atoms with E-state index in [9.17, 15) is 5.11 Å². The van der Waals surface area contributed by atoms with Crippen molar-refractivity contribution in [1.82, 2.24) is 0 Å². The molecule has 0 aliphatic heterocycles. The van der Waals surface area contributed by atoms with Gasteiger partial charge in [-0.2, -0.15) is 0 Å². The fourth-order valence-electron chi connectivity index (χ4n) is 5.58. The van der Waals surface area contributed by atoms with Gasteiger partial charge in [0.1, 0.15) is 11.5 Å². The van der Waals surface area contributed by atoms with Gasteiger partial charge < -0.3 is 14.6 Å². The molecule has 0 atom stereocenters. The van der Waals surface area contributed by atoms with Crippen LogP contribution < -0.4 is 9.47 Å². The molecule has 2 saturated carbocycles. The first-order chi connectivity index (χ1) is 14.1. The van der Waals surface area contributed by atoms with E-state index in [2.05, 4.69) is 48.5 Å². The molecule has 156 valence electrons. The minimum Gasteiger partial charge on any atom is -0.497 e. The van der Waals surface area contributed by atoms with E-state index in [0.29, 0.717) is 17.8 Å². The highest BCUT2D eigenvalue weighted by molar-refractivity contribution is 5.31. The Labute approximate surface area is 175 Å². The predicted octanol–water partition coefficient (Wildman–Crippen LogP) is 6.07. The molecule has 3 heteroatoms. The van der Waals surface area contributed by atoms with Gasteiger partial charge in [0.15, 0.2) is 0 Å². The average Bonchev–Trinajstić information content (AvgIpc) is 2.80. The second-order valence-corrected chi connectivity index (χ2v) is 8.97. The van der Waals surface area contributed by atoms with Crippen LogP contribution in [0.15, 0.2) is 48.5 Å². The van der Waals surface area contributed by atoms with Gasteiger partial charge >= 0.3 is 0 Å². The highest BCUT2D eigenvalue weighted by Crippen LogP contribution is 2.48. The van der Waals surface area contributed by atoms with Crippen molar-refractivity contribution in [1.29, 1.82) is 0 Å². The lowest BCUT2D eigenvalue weighted by atomic mass is 9.65. The number of ether oxygens (including phenoxy) is 2. The van der Waals surface area contributed by atoms with Crippen molar-refractivity contribution in [2.75, 3.05) is 14.2 Å². The lowest BCUT2D eigenvalue weighted by molar-refractivity contribution is -0.0660. The van der Waals surface area contributed by atoms with Crippen molar-refractivity contribution in [3.05, 3.63) is 59.7 Å². The van der Waals surface area contributed by atoms with Crippen molar-refractivity contribution in [3.8, 4) is 11.5 Å². The Balaban J connectivity index is 1.31. The minimum absolute atomic E-state index is 0.453. The van der Waals surface area contributed by atoms with Crippen LogP contribution in [0.1, 0.15) is 74.3 Å². The van der Waals surface area contributed by atoms with Gasteiger partial charge in [0, 0.05) is 0 Å². The van der Waals surface area contributed by atoms with E-state index < -0.39 is 5.60 Å². The van der Waals surface area contributed by atoms with Crippen molar-refractivity contribution < 1.29 is 14.6 Å². The summed E-state index contributed by atoms with van der Waals surface area (Å²) < 4.78 is 10.6. The SMILES string of the molecule is COc1ccc(C2CCC(C3(O)CCC(c4ccc(OC)cc4)CC3)CC2)cc1. The summed E-state index contributed by atoms with van der Waals surface area (Å²) in [6.45, 7) is 0. The van der Waals surface area contributed by atoms with Gasteiger partial charge in [-0.05, 0) is 105 Å². The summed E-state index contributed by atoms with van der Waals surface area (Å²) in [5.41, 5.74) is 2.34. The van der Waals surface area contributed by atoms with Crippen LogP contribution in [-0.4, -0.2) is 24.9 Å². The standard InChI is InChI=1S/C26H34O3/c1-28-24-11-5-20(6-12-24)19-3-9-23(10-4-19)26(27)17-15-22(16-18-26)21-7-13-25(29-2)14-8-21/h5-8,11-14,19,22-23,27H,3-4,9-10,15-18H2,1-2H3. The molecule has 0 spiro atoms. The molecule has 0 radical (unpaired) electrons. The van der Waals surface area contributed by atoms with E-state index in [1.54, 1.807) is 14.2 Å². The zero-order valence-electron chi connectivity index (χ0n) is 17.8. The highest BCUT2D eigenvalue weighted by atomic mass is 16.5. The molecule has 1 N–H and O–H groups in total. The van der Waals surface area contributed by atoms with Crippen LogP contribution in [0.2, 0.25) is 0 Å². The van der Waals surface area contributed by atoms with Crippen LogP contribution in [-0.2, 0) is 0 Å². The van der Waals surface area contributed by atoms with Crippen LogP contribution in [0.3, 0.4) is 0 Å². The Morgan fingerprint density at radius 1 is 0.655 bits per heavy atom. The van der Waals surface area contributed by atoms with E-state index in [4.69, 9.17) is 9.47 Å². The van der Waals surface area contributed by atoms with Gasteiger partial charge in [-0.3, -0.25) is 0 Å². The number of methoxy groups -OCH3 is 2. The maximum absolute atomic E-state index is 11.4. The van der Waals surface area contributed by atoms with Gasteiger partial charge in [-0.25, -0.2) is 0 Å². The van der Waals surface area contributed by atoms with E-state index in [1.807, 2.05) is 0 Å². The number of benzene rings is 2. The molecule has 3 nitrogen and oxygen atoms in total. The van der Waals surface area contributed by atoms with Gasteiger partial charge in [-0.1, -0.05) is 24.3 Å². The fraction of sp³-hybridized carbons (Fsp3) is 0.538. The number of hydrogen-bond acceptors (Lipinski definition) is 3. The van der Waals surface area contributed by atoms with Crippen LogP contribution in [0.5, 0.6) is 11.5 Å². The van der Waals surface area contributed by atoms with E-state index in [0.717, 1.165) is 50.0 Å². The maximum atomic E-state index is 11.4. The minimum atomic E-state index is -0.464. The molecule has 0 aromatic heterocycles. The molecule has 2 aromatic carbocycles. The molecule has 2 aliphatic rings. The zero-order chi connectivity index (χ0) is 20.3. The smallest absolute Gasteiger partial charge is 0.118 e.